The maximum atomic E-state index is 6.57. The molecule has 110 valence electrons. The summed E-state index contributed by atoms with van der Waals surface area (Å²) in [5, 5.41) is 2.02. The third-order valence-electron chi connectivity index (χ3n) is 4.85. The van der Waals surface area contributed by atoms with E-state index < -0.39 is 0 Å². The normalized spacial score (nSPS) is 32.6. The van der Waals surface area contributed by atoms with Crippen LogP contribution in [0.5, 0.6) is 0 Å². The highest BCUT2D eigenvalue weighted by Crippen LogP contribution is 2.41. The summed E-state index contributed by atoms with van der Waals surface area (Å²) in [6.07, 6.45) is 4.12. The average molecular weight is 308 g/mol. The second kappa shape index (κ2) is 6.33. The Balaban J connectivity index is 1.71. The molecule has 0 amide bonds. The minimum absolute atomic E-state index is 0.183. The Hall–Kier alpha value is -0.120. The van der Waals surface area contributed by atoms with E-state index in [0.29, 0.717) is 10.5 Å². The lowest BCUT2D eigenvalue weighted by molar-refractivity contribution is 0.419. The van der Waals surface area contributed by atoms with E-state index in [1.165, 1.54) is 36.1 Å². The van der Waals surface area contributed by atoms with Crippen LogP contribution in [0, 0.1) is 0 Å². The van der Waals surface area contributed by atoms with Crippen molar-refractivity contribution in [1.29, 1.82) is 0 Å². The van der Waals surface area contributed by atoms with E-state index in [4.69, 9.17) is 5.73 Å². The Morgan fingerprint density at radius 3 is 2.65 bits per heavy atom. The summed E-state index contributed by atoms with van der Waals surface area (Å²) in [6, 6.07) is 9.27. The van der Waals surface area contributed by atoms with E-state index in [2.05, 4.69) is 61.6 Å². The number of benzene rings is 1. The third-order valence-corrected chi connectivity index (χ3v) is 8.36. The van der Waals surface area contributed by atoms with Crippen LogP contribution in [0.15, 0.2) is 24.3 Å². The van der Waals surface area contributed by atoms with Gasteiger partial charge in [-0.3, -0.25) is 0 Å². The van der Waals surface area contributed by atoms with Crippen molar-refractivity contribution in [1.82, 2.24) is 0 Å². The first-order chi connectivity index (χ1) is 9.65. The highest BCUT2D eigenvalue weighted by Gasteiger charge is 2.30. The van der Waals surface area contributed by atoms with Crippen molar-refractivity contribution in [3.05, 3.63) is 35.4 Å². The smallest absolute Gasteiger partial charge is 0.0423 e. The second-order valence-electron chi connectivity index (χ2n) is 6.24. The minimum Gasteiger partial charge on any atom is -0.323 e. The van der Waals surface area contributed by atoms with Crippen LogP contribution in [-0.4, -0.2) is 21.5 Å². The lowest BCUT2D eigenvalue weighted by atomic mass is 9.79. The molecular weight excluding hydrogens is 282 g/mol. The fraction of sp³-hybridized carbons (Fsp3) is 0.647. The summed E-state index contributed by atoms with van der Waals surface area (Å²) in [5.41, 5.74) is 9.43. The SMILES string of the molecule is CC1SCC(C(N)c2cccc(C3CCC3)c2)SC1C. The molecule has 3 rings (SSSR count). The number of thioether (sulfide) groups is 2. The molecule has 2 aliphatic rings. The minimum atomic E-state index is 0.183. The van der Waals surface area contributed by atoms with Crippen LogP contribution in [0.2, 0.25) is 0 Å². The predicted molar refractivity (Wildman–Crippen MR) is 92.7 cm³/mol. The van der Waals surface area contributed by atoms with Gasteiger partial charge in [-0.05, 0) is 29.9 Å². The summed E-state index contributed by atoms with van der Waals surface area (Å²) >= 11 is 4.17. The van der Waals surface area contributed by atoms with Gasteiger partial charge >= 0.3 is 0 Å². The molecule has 1 aliphatic carbocycles. The molecule has 0 radical (unpaired) electrons. The highest BCUT2D eigenvalue weighted by atomic mass is 32.2. The Morgan fingerprint density at radius 2 is 2.00 bits per heavy atom. The van der Waals surface area contributed by atoms with Crippen LogP contribution in [0.1, 0.15) is 56.2 Å². The van der Waals surface area contributed by atoms with Crippen LogP contribution >= 0.6 is 23.5 Å². The Bertz CT molecular complexity index is 458. The number of hydrogen-bond donors (Lipinski definition) is 1. The van der Waals surface area contributed by atoms with Crippen LogP contribution in [-0.2, 0) is 0 Å². The molecule has 4 unspecified atom stereocenters. The van der Waals surface area contributed by atoms with Gasteiger partial charge in [-0.1, -0.05) is 44.5 Å². The Labute approximate surface area is 131 Å². The van der Waals surface area contributed by atoms with Gasteiger partial charge in [0.15, 0.2) is 0 Å². The summed E-state index contributed by atoms with van der Waals surface area (Å²) in [4.78, 5) is 0. The Kier molecular flexibility index (Phi) is 4.68. The van der Waals surface area contributed by atoms with Gasteiger partial charge in [0.2, 0.25) is 0 Å². The molecule has 1 nitrogen and oxygen atoms in total. The molecule has 1 aromatic rings. The first-order valence-electron chi connectivity index (χ1n) is 7.77. The second-order valence-corrected chi connectivity index (χ2v) is 9.27. The lowest BCUT2D eigenvalue weighted by Gasteiger charge is -2.35. The van der Waals surface area contributed by atoms with Gasteiger partial charge in [-0.25, -0.2) is 0 Å². The number of hydrogen-bond acceptors (Lipinski definition) is 3. The van der Waals surface area contributed by atoms with Crippen LogP contribution in [0.3, 0.4) is 0 Å². The predicted octanol–water partition coefficient (Wildman–Crippen LogP) is 4.58. The Morgan fingerprint density at radius 1 is 1.20 bits per heavy atom. The topological polar surface area (TPSA) is 26.0 Å². The van der Waals surface area contributed by atoms with Gasteiger partial charge in [0.1, 0.15) is 0 Å². The van der Waals surface area contributed by atoms with Crippen molar-refractivity contribution in [2.24, 2.45) is 5.73 Å². The highest BCUT2D eigenvalue weighted by molar-refractivity contribution is 8.07. The molecule has 1 aromatic carbocycles. The molecule has 0 bridgehead atoms. The molecule has 1 saturated heterocycles. The van der Waals surface area contributed by atoms with Gasteiger partial charge in [0.05, 0.1) is 0 Å². The summed E-state index contributed by atoms with van der Waals surface area (Å²) in [5.74, 6) is 1.99. The van der Waals surface area contributed by atoms with Crippen LogP contribution in [0.4, 0.5) is 0 Å². The van der Waals surface area contributed by atoms with Crippen molar-refractivity contribution >= 4 is 23.5 Å². The quantitative estimate of drug-likeness (QED) is 0.885. The molecule has 2 fully saturated rings. The van der Waals surface area contributed by atoms with E-state index in [9.17, 15) is 0 Å². The maximum absolute atomic E-state index is 6.57. The number of nitrogens with two attached hydrogens (primary N) is 1. The molecule has 0 aromatic heterocycles. The third kappa shape index (κ3) is 3.05. The van der Waals surface area contributed by atoms with Gasteiger partial charge in [0, 0.05) is 27.5 Å². The van der Waals surface area contributed by atoms with Crippen molar-refractivity contribution in [3.8, 4) is 0 Å². The zero-order valence-electron chi connectivity index (χ0n) is 12.4. The lowest BCUT2D eigenvalue weighted by Crippen LogP contribution is -2.34. The fourth-order valence-electron chi connectivity index (χ4n) is 2.97. The van der Waals surface area contributed by atoms with E-state index in [1.54, 1.807) is 0 Å². The molecule has 4 atom stereocenters. The molecule has 1 saturated carbocycles. The first-order valence-corrected chi connectivity index (χ1v) is 9.77. The van der Waals surface area contributed by atoms with Crippen molar-refractivity contribution in [3.63, 3.8) is 0 Å². The average Bonchev–Trinajstić information content (AvgIpc) is 2.39. The molecular formula is C17H25NS2. The first kappa shape index (κ1) is 14.8. The molecule has 1 heterocycles. The molecule has 20 heavy (non-hydrogen) atoms. The molecule has 0 spiro atoms. The zero-order chi connectivity index (χ0) is 14.1. The summed E-state index contributed by atoms with van der Waals surface area (Å²) < 4.78 is 0. The monoisotopic (exact) mass is 307 g/mol. The van der Waals surface area contributed by atoms with Gasteiger partial charge in [0.25, 0.3) is 0 Å². The van der Waals surface area contributed by atoms with Gasteiger partial charge in [-0.15, -0.1) is 0 Å². The van der Waals surface area contributed by atoms with Gasteiger partial charge < -0.3 is 5.73 Å². The van der Waals surface area contributed by atoms with E-state index in [-0.39, 0.29) is 6.04 Å². The number of rotatable bonds is 3. The van der Waals surface area contributed by atoms with Gasteiger partial charge in [-0.2, -0.15) is 23.5 Å². The molecule has 2 N–H and O–H groups in total. The molecule has 1 aliphatic heterocycles. The maximum Gasteiger partial charge on any atom is 0.0423 e. The van der Waals surface area contributed by atoms with Crippen molar-refractivity contribution in [2.75, 3.05) is 5.75 Å². The summed E-state index contributed by atoms with van der Waals surface area (Å²) in [6.45, 7) is 4.67. The van der Waals surface area contributed by atoms with E-state index >= 15 is 0 Å². The van der Waals surface area contributed by atoms with Crippen LogP contribution in [0.25, 0.3) is 0 Å². The van der Waals surface area contributed by atoms with Crippen molar-refractivity contribution in [2.45, 2.75) is 60.8 Å². The largest absolute Gasteiger partial charge is 0.323 e. The molecule has 3 heteroatoms. The van der Waals surface area contributed by atoms with Crippen molar-refractivity contribution < 1.29 is 0 Å². The van der Waals surface area contributed by atoms with Crippen LogP contribution < -0.4 is 5.73 Å². The zero-order valence-corrected chi connectivity index (χ0v) is 14.1. The standard InChI is InChI=1S/C17H25NS2/c1-11-12(2)20-16(10-19-11)17(18)15-8-4-7-14(9-15)13-5-3-6-13/h4,7-9,11-13,16-17H,3,5-6,10,18H2,1-2H3. The van der Waals surface area contributed by atoms with E-state index in [0.717, 1.165) is 11.2 Å². The fourth-order valence-corrected chi connectivity index (χ4v) is 6.02. The summed E-state index contributed by atoms with van der Waals surface area (Å²) in [7, 11) is 0. The van der Waals surface area contributed by atoms with E-state index in [1.807, 2.05) is 0 Å².